The van der Waals surface area contributed by atoms with Crippen LogP contribution in [0.5, 0.6) is 5.75 Å². The maximum Gasteiger partial charge on any atom is 0.119 e. The predicted molar refractivity (Wildman–Crippen MR) is 54.7 cm³/mol. The van der Waals surface area contributed by atoms with Crippen molar-refractivity contribution < 1.29 is 24.5 Å². The van der Waals surface area contributed by atoms with Crippen LogP contribution in [0.2, 0.25) is 0 Å². The molecule has 0 fully saturated rings. The number of hydrogen-bond donors (Lipinski definition) is 1. The first kappa shape index (κ1) is 12.6. The predicted octanol–water partition coefficient (Wildman–Crippen LogP) is -1.51. The van der Waals surface area contributed by atoms with Crippen molar-refractivity contribution in [3.8, 4) is 5.75 Å². The van der Waals surface area contributed by atoms with Crippen molar-refractivity contribution >= 4 is 17.6 Å². The Hall–Kier alpha value is -2.50. The minimum atomic E-state index is -1.81. The summed E-state index contributed by atoms with van der Waals surface area (Å²) in [4.78, 5) is 20.8. The molecule has 0 aromatic heterocycles. The highest BCUT2D eigenvalue weighted by atomic mass is 16.5. The number of benzene rings is 1. The van der Waals surface area contributed by atoms with Crippen LogP contribution in [0.15, 0.2) is 36.0 Å². The number of carbonyl (C=O) groups is 2. The average Bonchev–Trinajstić information content (AvgIpc) is 2.29. The van der Waals surface area contributed by atoms with Crippen molar-refractivity contribution in [1.29, 1.82) is 0 Å². The molecule has 0 bridgehead atoms. The van der Waals surface area contributed by atoms with E-state index in [4.69, 9.17) is 4.74 Å². The van der Waals surface area contributed by atoms with Crippen LogP contribution in [0.25, 0.3) is 0 Å². The van der Waals surface area contributed by atoms with Gasteiger partial charge in [0.25, 0.3) is 0 Å². The van der Waals surface area contributed by atoms with E-state index < -0.39 is 17.5 Å². The number of carboxylic acid groups (broad SMARTS) is 2. The number of nitrogens with one attached hydrogen (secondary N) is 1. The lowest BCUT2D eigenvalue weighted by Crippen LogP contribution is -2.36. The van der Waals surface area contributed by atoms with Gasteiger partial charge in [-0.2, -0.15) is 0 Å². The molecule has 0 aliphatic carbocycles. The topological polar surface area (TPSA) is 102 Å². The van der Waals surface area contributed by atoms with Gasteiger partial charge in [-0.1, -0.05) is 0 Å². The molecule has 0 heterocycles. The molecule has 0 aliphatic heterocycles. The highest BCUT2D eigenvalue weighted by Gasteiger charge is 1.99. The number of aliphatic carboxylic acids is 2. The number of anilines is 1. The van der Waals surface area contributed by atoms with Crippen LogP contribution in [0.4, 0.5) is 5.69 Å². The first-order chi connectivity index (χ1) is 8.04. The second kappa shape index (κ2) is 5.55. The summed E-state index contributed by atoms with van der Waals surface area (Å²) < 4.78 is 4.92. The third-order valence-corrected chi connectivity index (χ3v) is 1.91. The maximum absolute atomic E-state index is 10.4. The minimum absolute atomic E-state index is 0.505. The maximum atomic E-state index is 10.4. The number of methoxy groups -OCH3 is 1. The van der Waals surface area contributed by atoms with Crippen molar-refractivity contribution in [2.45, 2.75) is 0 Å². The van der Waals surface area contributed by atoms with Gasteiger partial charge < -0.3 is 29.9 Å². The summed E-state index contributed by atoms with van der Waals surface area (Å²) in [6.07, 6.45) is 0.798. The van der Waals surface area contributed by atoms with Crippen LogP contribution in [0, 0.1) is 0 Å². The molecule has 0 radical (unpaired) electrons. The van der Waals surface area contributed by atoms with Crippen molar-refractivity contribution in [1.82, 2.24) is 0 Å². The van der Waals surface area contributed by atoms with E-state index in [1.54, 1.807) is 24.3 Å². The van der Waals surface area contributed by atoms with Gasteiger partial charge in [-0.25, -0.2) is 0 Å². The van der Waals surface area contributed by atoms with E-state index in [1.165, 1.54) is 7.11 Å². The average molecular weight is 235 g/mol. The van der Waals surface area contributed by atoms with Crippen LogP contribution in [-0.2, 0) is 9.59 Å². The van der Waals surface area contributed by atoms with Gasteiger partial charge in [-0.3, -0.25) is 0 Å². The van der Waals surface area contributed by atoms with Crippen LogP contribution < -0.4 is 20.3 Å². The molecule has 0 amide bonds. The molecular weight excluding hydrogens is 226 g/mol. The number of ether oxygens (including phenoxy) is 1. The zero-order valence-corrected chi connectivity index (χ0v) is 8.93. The fraction of sp³-hybridized carbons (Fsp3) is 0.0909. The highest BCUT2D eigenvalue weighted by molar-refractivity contribution is 6.10. The molecule has 6 nitrogen and oxygen atoms in total. The Bertz CT molecular complexity index is 433. The fourth-order valence-corrected chi connectivity index (χ4v) is 1.04. The third-order valence-electron chi connectivity index (χ3n) is 1.91. The Balaban J connectivity index is 2.80. The van der Waals surface area contributed by atoms with Gasteiger partial charge in [0.2, 0.25) is 0 Å². The van der Waals surface area contributed by atoms with Gasteiger partial charge in [-0.15, -0.1) is 0 Å². The molecular formula is C11H9NO5-2. The van der Waals surface area contributed by atoms with Gasteiger partial charge >= 0.3 is 0 Å². The molecule has 0 unspecified atom stereocenters. The molecule has 1 rings (SSSR count). The first-order valence-corrected chi connectivity index (χ1v) is 4.58. The first-order valence-electron chi connectivity index (χ1n) is 4.58. The Morgan fingerprint density at radius 3 is 2.12 bits per heavy atom. The summed E-state index contributed by atoms with van der Waals surface area (Å²) in [5, 5.41) is 23.3. The molecule has 1 N–H and O–H groups in total. The molecule has 6 heteroatoms. The van der Waals surface area contributed by atoms with Crippen molar-refractivity contribution in [2.24, 2.45) is 0 Å². The van der Waals surface area contributed by atoms with E-state index in [2.05, 4.69) is 5.32 Å². The molecule has 0 spiro atoms. The van der Waals surface area contributed by atoms with Gasteiger partial charge in [0.15, 0.2) is 0 Å². The lowest BCUT2D eigenvalue weighted by molar-refractivity contribution is -0.312. The van der Waals surface area contributed by atoms with Crippen molar-refractivity contribution in [2.75, 3.05) is 12.4 Å². The normalized spacial score (nSPS) is 9.24. The zero-order chi connectivity index (χ0) is 12.8. The van der Waals surface area contributed by atoms with Crippen LogP contribution in [0.1, 0.15) is 0 Å². The molecule has 17 heavy (non-hydrogen) atoms. The standard InChI is InChI=1S/C11H11NO5/c1-17-8-4-2-7(3-5-8)12-6-9(10(13)14)11(15)16/h2-6,12H,1H3,(H,13,14)(H,15,16)/p-2. The van der Waals surface area contributed by atoms with E-state index in [0.717, 1.165) is 6.20 Å². The minimum Gasteiger partial charge on any atom is -0.545 e. The highest BCUT2D eigenvalue weighted by Crippen LogP contribution is 2.15. The summed E-state index contributed by atoms with van der Waals surface area (Å²) in [5.41, 5.74) is -0.452. The summed E-state index contributed by atoms with van der Waals surface area (Å²) in [5.74, 6) is -3.00. The molecule has 90 valence electrons. The Labute approximate surface area is 97.1 Å². The van der Waals surface area contributed by atoms with E-state index in [1.807, 2.05) is 0 Å². The van der Waals surface area contributed by atoms with E-state index in [-0.39, 0.29) is 0 Å². The van der Waals surface area contributed by atoms with Crippen molar-refractivity contribution in [3.63, 3.8) is 0 Å². The number of carboxylic acids is 2. The third kappa shape index (κ3) is 3.53. The largest absolute Gasteiger partial charge is 0.545 e. The molecule has 0 aliphatic rings. The summed E-state index contributed by atoms with van der Waals surface area (Å²) >= 11 is 0. The van der Waals surface area contributed by atoms with Gasteiger partial charge in [-0.05, 0) is 24.3 Å². The Morgan fingerprint density at radius 2 is 1.71 bits per heavy atom. The Morgan fingerprint density at radius 1 is 1.18 bits per heavy atom. The summed E-state index contributed by atoms with van der Waals surface area (Å²) in [6.45, 7) is 0. The second-order valence-corrected chi connectivity index (χ2v) is 3.01. The monoisotopic (exact) mass is 235 g/mol. The van der Waals surface area contributed by atoms with E-state index >= 15 is 0 Å². The lowest BCUT2D eigenvalue weighted by atomic mass is 10.2. The summed E-state index contributed by atoms with van der Waals surface area (Å²) in [7, 11) is 1.51. The zero-order valence-electron chi connectivity index (χ0n) is 8.93. The summed E-state index contributed by atoms with van der Waals surface area (Å²) in [6, 6.07) is 6.46. The van der Waals surface area contributed by atoms with Crippen LogP contribution in [0.3, 0.4) is 0 Å². The fourth-order valence-electron chi connectivity index (χ4n) is 1.04. The SMILES string of the molecule is COc1ccc(NC=C(C(=O)[O-])C(=O)[O-])cc1. The van der Waals surface area contributed by atoms with Crippen LogP contribution in [-0.4, -0.2) is 19.0 Å². The van der Waals surface area contributed by atoms with Gasteiger partial charge in [0.05, 0.1) is 19.0 Å². The molecule has 0 atom stereocenters. The van der Waals surface area contributed by atoms with Gasteiger partial charge in [0.1, 0.15) is 5.75 Å². The van der Waals surface area contributed by atoms with Crippen molar-refractivity contribution in [3.05, 3.63) is 36.0 Å². The Kier molecular flexibility index (Phi) is 4.10. The number of rotatable bonds is 5. The van der Waals surface area contributed by atoms with E-state index in [9.17, 15) is 19.8 Å². The molecule has 1 aromatic carbocycles. The number of carbonyl (C=O) groups excluding carboxylic acids is 2. The lowest BCUT2D eigenvalue weighted by Gasteiger charge is -2.10. The van der Waals surface area contributed by atoms with E-state index in [0.29, 0.717) is 11.4 Å². The quantitative estimate of drug-likeness (QED) is 0.378. The smallest absolute Gasteiger partial charge is 0.119 e. The van der Waals surface area contributed by atoms with Crippen LogP contribution >= 0.6 is 0 Å². The number of hydrogen-bond acceptors (Lipinski definition) is 6. The second-order valence-electron chi connectivity index (χ2n) is 3.01. The molecule has 0 saturated carbocycles. The molecule has 0 saturated heterocycles. The van der Waals surface area contributed by atoms with Gasteiger partial charge in [0, 0.05) is 17.5 Å². The molecule has 1 aromatic rings.